The summed E-state index contributed by atoms with van der Waals surface area (Å²) in [6, 6.07) is 1.14. The fourth-order valence-electron chi connectivity index (χ4n) is 3.48. The minimum absolute atomic E-state index is 0.271. The second-order valence-electron chi connectivity index (χ2n) is 6.93. The van der Waals surface area contributed by atoms with Crippen LogP contribution in [-0.4, -0.2) is 57.2 Å². The van der Waals surface area contributed by atoms with Gasteiger partial charge >= 0.3 is 0 Å². The summed E-state index contributed by atoms with van der Waals surface area (Å²) in [6.45, 7) is 12.0. The van der Waals surface area contributed by atoms with Crippen molar-refractivity contribution >= 4 is 5.91 Å². The average molecular weight is 304 g/mol. The molecule has 2 heterocycles. The Balaban J connectivity index is 1.54. The molecular formula is C17H28N4O. The molecule has 0 N–H and O–H groups in total. The van der Waals surface area contributed by atoms with Crippen LogP contribution in [0.3, 0.4) is 0 Å². The number of aryl methyl sites for hydroxylation is 2. The van der Waals surface area contributed by atoms with Crippen LogP contribution >= 0.6 is 0 Å². The summed E-state index contributed by atoms with van der Waals surface area (Å²) in [7, 11) is 0. The van der Waals surface area contributed by atoms with Gasteiger partial charge in [-0.1, -0.05) is 0 Å². The number of piperazine rings is 1. The van der Waals surface area contributed by atoms with Crippen LogP contribution in [0.25, 0.3) is 0 Å². The SMILES string of the molecule is Cc1nn(CCC(=O)N2CCN(C3CC3)CC2C)c(C)c1C. The number of amides is 1. The van der Waals surface area contributed by atoms with E-state index in [4.69, 9.17) is 0 Å². The Labute approximate surface area is 133 Å². The van der Waals surface area contributed by atoms with E-state index in [0.717, 1.165) is 31.4 Å². The minimum atomic E-state index is 0.271. The van der Waals surface area contributed by atoms with Crippen LogP contribution < -0.4 is 0 Å². The summed E-state index contributed by atoms with van der Waals surface area (Å²) in [5.41, 5.74) is 3.48. The number of rotatable bonds is 4. The first-order valence-corrected chi connectivity index (χ1v) is 8.51. The maximum Gasteiger partial charge on any atom is 0.224 e. The molecule has 1 aromatic rings. The summed E-state index contributed by atoms with van der Waals surface area (Å²) < 4.78 is 1.98. The molecule has 0 spiro atoms. The maximum atomic E-state index is 12.5. The summed E-state index contributed by atoms with van der Waals surface area (Å²) >= 11 is 0. The lowest BCUT2D eigenvalue weighted by Gasteiger charge is -2.40. The molecule has 5 nitrogen and oxygen atoms in total. The van der Waals surface area contributed by atoms with Gasteiger partial charge in [0.25, 0.3) is 0 Å². The molecule has 1 unspecified atom stereocenters. The van der Waals surface area contributed by atoms with E-state index in [1.54, 1.807) is 0 Å². The fraction of sp³-hybridized carbons (Fsp3) is 0.765. The number of hydrogen-bond donors (Lipinski definition) is 0. The molecule has 1 aliphatic carbocycles. The van der Waals surface area contributed by atoms with E-state index >= 15 is 0 Å². The van der Waals surface area contributed by atoms with Gasteiger partial charge in [0.15, 0.2) is 0 Å². The summed E-state index contributed by atoms with van der Waals surface area (Å²) in [6.07, 6.45) is 3.24. The first kappa shape index (κ1) is 15.5. The summed E-state index contributed by atoms with van der Waals surface area (Å²) in [5.74, 6) is 0.271. The van der Waals surface area contributed by atoms with Crippen LogP contribution in [0.2, 0.25) is 0 Å². The third-order valence-corrected chi connectivity index (χ3v) is 5.32. The molecule has 0 aromatic carbocycles. The van der Waals surface area contributed by atoms with Crippen molar-refractivity contribution in [2.75, 3.05) is 19.6 Å². The minimum Gasteiger partial charge on any atom is -0.337 e. The first-order chi connectivity index (χ1) is 10.5. The average Bonchev–Trinajstić information content (AvgIpc) is 3.30. The lowest BCUT2D eigenvalue weighted by molar-refractivity contribution is -0.136. The molecule has 1 aliphatic heterocycles. The smallest absolute Gasteiger partial charge is 0.224 e. The van der Waals surface area contributed by atoms with Gasteiger partial charge < -0.3 is 4.90 Å². The third-order valence-electron chi connectivity index (χ3n) is 5.32. The van der Waals surface area contributed by atoms with E-state index in [9.17, 15) is 4.79 Å². The first-order valence-electron chi connectivity index (χ1n) is 8.51. The van der Waals surface area contributed by atoms with Gasteiger partial charge in [0.05, 0.1) is 5.69 Å². The number of aromatic nitrogens is 2. The Kier molecular flexibility index (Phi) is 4.26. The van der Waals surface area contributed by atoms with E-state index in [-0.39, 0.29) is 5.91 Å². The van der Waals surface area contributed by atoms with Crippen molar-refractivity contribution in [3.8, 4) is 0 Å². The molecule has 122 valence electrons. The Bertz CT molecular complexity index is 561. The predicted octanol–water partition coefficient (Wildman–Crippen LogP) is 1.89. The molecule has 1 amide bonds. The highest BCUT2D eigenvalue weighted by Crippen LogP contribution is 2.28. The molecule has 2 aliphatic rings. The lowest BCUT2D eigenvalue weighted by atomic mass is 10.1. The van der Waals surface area contributed by atoms with Crippen molar-refractivity contribution in [3.05, 3.63) is 17.0 Å². The van der Waals surface area contributed by atoms with Crippen LogP contribution in [0.4, 0.5) is 0 Å². The van der Waals surface area contributed by atoms with Crippen molar-refractivity contribution in [1.82, 2.24) is 19.6 Å². The van der Waals surface area contributed by atoms with Crippen LogP contribution in [-0.2, 0) is 11.3 Å². The Morgan fingerprint density at radius 2 is 1.95 bits per heavy atom. The summed E-state index contributed by atoms with van der Waals surface area (Å²) in [5, 5.41) is 4.53. The second kappa shape index (κ2) is 6.03. The van der Waals surface area contributed by atoms with E-state index in [1.807, 2.05) is 11.6 Å². The Morgan fingerprint density at radius 1 is 1.23 bits per heavy atom. The Hall–Kier alpha value is -1.36. The molecule has 1 aromatic heterocycles. The van der Waals surface area contributed by atoms with Crippen molar-refractivity contribution in [3.63, 3.8) is 0 Å². The van der Waals surface area contributed by atoms with Crippen LogP contribution in [0.5, 0.6) is 0 Å². The van der Waals surface area contributed by atoms with Crippen LogP contribution in [0.1, 0.15) is 43.1 Å². The molecule has 1 saturated carbocycles. The second-order valence-corrected chi connectivity index (χ2v) is 6.93. The molecule has 0 bridgehead atoms. The van der Waals surface area contributed by atoms with E-state index in [1.165, 1.54) is 24.1 Å². The number of carbonyl (C=O) groups is 1. The molecule has 1 saturated heterocycles. The topological polar surface area (TPSA) is 41.4 Å². The molecule has 3 rings (SSSR count). The molecule has 22 heavy (non-hydrogen) atoms. The van der Waals surface area contributed by atoms with Gasteiger partial charge in [0.1, 0.15) is 0 Å². The van der Waals surface area contributed by atoms with Gasteiger partial charge in [-0.3, -0.25) is 14.4 Å². The van der Waals surface area contributed by atoms with E-state index < -0.39 is 0 Å². The van der Waals surface area contributed by atoms with E-state index in [0.29, 0.717) is 19.0 Å². The molecule has 1 atom stereocenters. The van der Waals surface area contributed by atoms with Crippen LogP contribution in [0, 0.1) is 20.8 Å². The standard InChI is InChI=1S/C17H28N4O/c1-12-11-19(16-5-6-16)9-10-20(12)17(22)7-8-21-15(4)13(2)14(3)18-21/h12,16H,5-11H2,1-4H3. The van der Waals surface area contributed by atoms with Gasteiger partial charge in [0.2, 0.25) is 5.91 Å². The van der Waals surface area contributed by atoms with E-state index in [2.05, 4.69) is 35.7 Å². The van der Waals surface area contributed by atoms with Crippen molar-refractivity contribution in [2.45, 2.75) is 65.6 Å². The van der Waals surface area contributed by atoms with Crippen LogP contribution in [0.15, 0.2) is 0 Å². The number of nitrogens with zero attached hydrogens (tertiary/aromatic N) is 4. The summed E-state index contributed by atoms with van der Waals surface area (Å²) in [4.78, 5) is 17.2. The highest BCUT2D eigenvalue weighted by Gasteiger charge is 2.35. The quantitative estimate of drug-likeness (QED) is 0.853. The maximum absolute atomic E-state index is 12.5. The third kappa shape index (κ3) is 3.05. The molecule has 0 radical (unpaired) electrons. The number of hydrogen-bond acceptors (Lipinski definition) is 3. The van der Waals surface area contributed by atoms with Crippen molar-refractivity contribution in [2.24, 2.45) is 0 Å². The van der Waals surface area contributed by atoms with Gasteiger partial charge in [-0.2, -0.15) is 5.10 Å². The van der Waals surface area contributed by atoms with Crippen molar-refractivity contribution in [1.29, 1.82) is 0 Å². The molecule has 2 fully saturated rings. The zero-order valence-electron chi connectivity index (χ0n) is 14.3. The normalized spacial score (nSPS) is 23.1. The van der Waals surface area contributed by atoms with Crippen molar-refractivity contribution < 1.29 is 4.79 Å². The highest BCUT2D eigenvalue weighted by atomic mass is 16.2. The van der Waals surface area contributed by atoms with Gasteiger partial charge in [-0.05, 0) is 46.1 Å². The van der Waals surface area contributed by atoms with Gasteiger partial charge in [0, 0.05) is 50.4 Å². The number of carbonyl (C=O) groups excluding carboxylic acids is 1. The zero-order valence-corrected chi connectivity index (χ0v) is 14.3. The Morgan fingerprint density at radius 3 is 2.50 bits per heavy atom. The predicted molar refractivity (Wildman–Crippen MR) is 86.8 cm³/mol. The monoisotopic (exact) mass is 304 g/mol. The molecular weight excluding hydrogens is 276 g/mol. The zero-order chi connectivity index (χ0) is 15.9. The fourth-order valence-corrected chi connectivity index (χ4v) is 3.48. The van der Waals surface area contributed by atoms with Gasteiger partial charge in [-0.15, -0.1) is 0 Å². The lowest BCUT2D eigenvalue weighted by Crippen LogP contribution is -2.54. The highest BCUT2D eigenvalue weighted by molar-refractivity contribution is 5.76. The largest absolute Gasteiger partial charge is 0.337 e. The molecule has 5 heteroatoms. The van der Waals surface area contributed by atoms with Gasteiger partial charge in [-0.25, -0.2) is 0 Å².